The monoisotopic (exact) mass is 251 g/mol. The fourth-order valence-electron chi connectivity index (χ4n) is 1.56. The summed E-state index contributed by atoms with van der Waals surface area (Å²) in [5.41, 5.74) is 1.26. The van der Waals surface area contributed by atoms with Crippen molar-refractivity contribution in [3.8, 4) is 0 Å². The first-order valence-corrected chi connectivity index (χ1v) is 6.51. The van der Waals surface area contributed by atoms with Gasteiger partial charge in [0.05, 0.1) is 5.25 Å². The maximum absolute atomic E-state index is 12.0. The average Bonchev–Trinajstić information content (AvgIpc) is 2.35. The summed E-state index contributed by atoms with van der Waals surface area (Å²) in [5.74, 6) is 0.379. The molecule has 0 spiro atoms. The minimum atomic E-state index is -0.198. The molecule has 0 saturated heterocycles. The Labute approximate surface area is 109 Å². The fraction of sp³-hybridized carbons (Fsp3) is 0.500. The molecule has 1 aromatic rings. The summed E-state index contributed by atoms with van der Waals surface area (Å²) in [4.78, 5) is 13.7. The highest BCUT2D eigenvalue weighted by Crippen LogP contribution is 2.12. The summed E-state index contributed by atoms with van der Waals surface area (Å²) in [6.07, 6.45) is 0.891. The molecule has 94 valence electrons. The summed E-state index contributed by atoms with van der Waals surface area (Å²) < 4.78 is 0. The molecule has 0 aliphatic heterocycles. The van der Waals surface area contributed by atoms with Crippen molar-refractivity contribution in [2.45, 2.75) is 25.5 Å². The highest BCUT2D eigenvalue weighted by molar-refractivity contribution is 7.81. The Bertz CT molecular complexity index is 350. The van der Waals surface area contributed by atoms with Gasteiger partial charge in [-0.2, -0.15) is 12.6 Å². The summed E-state index contributed by atoms with van der Waals surface area (Å²) in [7, 11) is 1.84. The second kappa shape index (κ2) is 6.70. The molecule has 0 aliphatic rings. The van der Waals surface area contributed by atoms with Crippen LogP contribution in [0, 0.1) is 5.92 Å². The van der Waals surface area contributed by atoms with E-state index in [1.165, 1.54) is 5.56 Å². The molecule has 0 fully saturated rings. The van der Waals surface area contributed by atoms with Gasteiger partial charge in [0, 0.05) is 13.6 Å². The highest BCUT2D eigenvalue weighted by Gasteiger charge is 2.20. The van der Waals surface area contributed by atoms with Gasteiger partial charge in [0.2, 0.25) is 5.91 Å². The number of hydrogen-bond acceptors (Lipinski definition) is 2. The van der Waals surface area contributed by atoms with Crippen molar-refractivity contribution in [3.63, 3.8) is 0 Å². The lowest BCUT2D eigenvalue weighted by Crippen LogP contribution is -2.37. The van der Waals surface area contributed by atoms with E-state index in [0.29, 0.717) is 0 Å². The molecule has 0 N–H and O–H groups in total. The normalized spacial score (nSPS) is 12.5. The number of carbonyl (C=O) groups is 1. The average molecular weight is 251 g/mol. The van der Waals surface area contributed by atoms with Gasteiger partial charge in [0.15, 0.2) is 0 Å². The van der Waals surface area contributed by atoms with Crippen molar-refractivity contribution < 1.29 is 4.79 Å². The number of amides is 1. The molecule has 0 aliphatic carbocycles. The van der Waals surface area contributed by atoms with Gasteiger partial charge in [-0.25, -0.2) is 0 Å². The molecule has 0 aromatic heterocycles. The zero-order chi connectivity index (χ0) is 12.8. The van der Waals surface area contributed by atoms with Crippen LogP contribution < -0.4 is 0 Å². The van der Waals surface area contributed by atoms with Gasteiger partial charge in [-0.05, 0) is 17.9 Å². The van der Waals surface area contributed by atoms with Crippen LogP contribution in [-0.4, -0.2) is 29.6 Å². The van der Waals surface area contributed by atoms with Crippen LogP contribution in [0.15, 0.2) is 30.3 Å². The molecular formula is C14H21NOS. The topological polar surface area (TPSA) is 20.3 Å². The minimum Gasteiger partial charge on any atom is -0.344 e. The second-order valence-corrected chi connectivity index (χ2v) is 5.24. The number of benzene rings is 1. The quantitative estimate of drug-likeness (QED) is 0.798. The van der Waals surface area contributed by atoms with Gasteiger partial charge in [-0.3, -0.25) is 4.79 Å². The lowest BCUT2D eigenvalue weighted by molar-refractivity contribution is -0.129. The molecule has 0 radical (unpaired) electrons. The molecule has 0 heterocycles. The molecule has 1 amide bonds. The van der Waals surface area contributed by atoms with Gasteiger partial charge < -0.3 is 4.90 Å². The summed E-state index contributed by atoms with van der Waals surface area (Å²) in [5, 5.41) is -0.198. The number of likely N-dealkylation sites (N-methyl/N-ethyl adjacent to an activating group) is 1. The summed E-state index contributed by atoms with van der Waals surface area (Å²) >= 11 is 4.35. The van der Waals surface area contributed by atoms with Gasteiger partial charge in [-0.15, -0.1) is 0 Å². The maximum Gasteiger partial charge on any atom is 0.235 e. The van der Waals surface area contributed by atoms with Gasteiger partial charge in [-0.1, -0.05) is 44.2 Å². The molecule has 1 rings (SSSR count). The summed E-state index contributed by atoms with van der Waals surface area (Å²) in [6, 6.07) is 10.2. The van der Waals surface area contributed by atoms with Crippen molar-refractivity contribution in [1.82, 2.24) is 4.90 Å². The van der Waals surface area contributed by atoms with Gasteiger partial charge in [0.25, 0.3) is 0 Å². The van der Waals surface area contributed by atoms with Crippen LogP contribution in [0.5, 0.6) is 0 Å². The number of carbonyl (C=O) groups excluding carboxylic acids is 1. The zero-order valence-corrected chi connectivity index (χ0v) is 11.7. The van der Waals surface area contributed by atoms with E-state index in [-0.39, 0.29) is 17.1 Å². The minimum absolute atomic E-state index is 0.110. The first kappa shape index (κ1) is 14.1. The van der Waals surface area contributed by atoms with Crippen molar-refractivity contribution in [1.29, 1.82) is 0 Å². The zero-order valence-electron chi connectivity index (χ0n) is 10.8. The smallest absolute Gasteiger partial charge is 0.235 e. The van der Waals surface area contributed by atoms with E-state index >= 15 is 0 Å². The Hall–Kier alpha value is -0.960. The Morgan fingerprint density at radius 2 is 1.88 bits per heavy atom. The van der Waals surface area contributed by atoms with E-state index in [1.54, 1.807) is 4.90 Å². The van der Waals surface area contributed by atoms with E-state index in [1.807, 2.05) is 39.1 Å². The van der Waals surface area contributed by atoms with Crippen LogP contribution in [-0.2, 0) is 11.2 Å². The van der Waals surface area contributed by atoms with Crippen molar-refractivity contribution in [2.75, 3.05) is 13.6 Å². The Morgan fingerprint density at radius 3 is 2.41 bits per heavy atom. The second-order valence-electron chi connectivity index (χ2n) is 4.68. The molecule has 2 nitrogen and oxygen atoms in total. The van der Waals surface area contributed by atoms with Crippen molar-refractivity contribution >= 4 is 18.5 Å². The Balaban J connectivity index is 2.45. The molecule has 0 bridgehead atoms. The molecule has 1 atom stereocenters. The molecule has 1 unspecified atom stereocenters. The Morgan fingerprint density at radius 1 is 1.29 bits per heavy atom. The van der Waals surface area contributed by atoms with Crippen LogP contribution in [0.3, 0.4) is 0 Å². The third kappa shape index (κ3) is 4.43. The maximum atomic E-state index is 12.0. The molecule has 17 heavy (non-hydrogen) atoms. The van der Waals surface area contributed by atoms with Crippen molar-refractivity contribution in [3.05, 3.63) is 35.9 Å². The lowest BCUT2D eigenvalue weighted by atomic mass is 10.1. The largest absolute Gasteiger partial charge is 0.344 e. The van der Waals surface area contributed by atoms with Crippen LogP contribution in [0.25, 0.3) is 0 Å². The number of rotatable bonds is 5. The predicted octanol–water partition coefficient (Wildman–Crippen LogP) is 2.64. The number of hydrogen-bond donors (Lipinski definition) is 1. The first-order chi connectivity index (χ1) is 8.02. The molecule has 0 saturated carbocycles. The van der Waals surface area contributed by atoms with E-state index in [2.05, 4.69) is 24.8 Å². The molecular weight excluding hydrogens is 230 g/mol. The third-order valence-electron chi connectivity index (χ3n) is 2.84. The lowest BCUT2D eigenvalue weighted by Gasteiger charge is -2.22. The Kier molecular flexibility index (Phi) is 5.56. The SMILES string of the molecule is CC(C)C(S)C(=O)N(C)CCc1ccccc1. The van der Waals surface area contributed by atoms with Crippen molar-refractivity contribution in [2.24, 2.45) is 5.92 Å². The molecule has 3 heteroatoms. The predicted molar refractivity (Wildman–Crippen MR) is 75.4 cm³/mol. The number of thiol groups is 1. The van der Waals surface area contributed by atoms with Gasteiger partial charge >= 0.3 is 0 Å². The highest BCUT2D eigenvalue weighted by atomic mass is 32.1. The molecule has 1 aromatic carbocycles. The van der Waals surface area contributed by atoms with Crippen LogP contribution in [0.1, 0.15) is 19.4 Å². The van der Waals surface area contributed by atoms with Gasteiger partial charge in [0.1, 0.15) is 0 Å². The number of nitrogens with zero attached hydrogens (tertiary/aromatic N) is 1. The third-order valence-corrected chi connectivity index (χ3v) is 3.66. The van der Waals surface area contributed by atoms with E-state index in [9.17, 15) is 4.79 Å². The summed E-state index contributed by atoms with van der Waals surface area (Å²) in [6.45, 7) is 4.77. The van der Waals surface area contributed by atoms with E-state index in [0.717, 1.165) is 13.0 Å². The van der Waals surface area contributed by atoms with Crippen LogP contribution in [0.2, 0.25) is 0 Å². The van der Waals surface area contributed by atoms with Crippen LogP contribution >= 0.6 is 12.6 Å². The fourth-order valence-corrected chi connectivity index (χ4v) is 1.76. The standard InChI is InChI=1S/C14H21NOS/c1-11(2)13(17)14(16)15(3)10-9-12-7-5-4-6-8-12/h4-8,11,13,17H,9-10H2,1-3H3. The first-order valence-electron chi connectivity index (χ1n) is 5.99. The van der Waals surface area contributed by atoms with Crippen LogP contribution in [0.4, 0.5) is 0 Å². The van der Waals surface area contributed by atoms with E-state index in [4.69, 9.17) is 0 Å². The van der Waals surface area contributed by atoms with E-state index < -0.39 is 0 Å².